The van der Waals surface area contributed by atoms with Crippen LogP contribution in [0.5, 0.6) is 17.2 Å². The number of rotatable bonds is 7. The van der Waals surface area contributed by atoms with Crippen LogP contribution in [0.4, 0.5) is 0 Å². The number of hydrogen-bond donors (Lipinski definition) is 1. The third-order valence-electron chi connectivity index (χ3n) is 6.83. The van der Waals surface area contributed by atoms with Gasteiger partial charge in [-0.15, -0.1) is 0 Å². The predicted molar refractivity (Wildman–Crippen MR) is 107 cm³/mol. The molecule has 1 N–H and O–H groups in total. The normalized spacial score (nSPS) is 30.5. The van der Waals surface area contributed by atoms with Gasteiger partial charge in [0.1, 0.15) is 5.75 Å². The Bertz CT molecular complexity index is 739. The van der Waals surface area contributed by atoms with Gasteiger partial charge in [-0.3, -0.25) is 4.79 Å². The number of carbonyl (C=O) groups is 1. The molecule has 1 aromatic carbocycles. The smallest absolute Gasteiger partial charge is 0.240 e. The quantitative estimate of drug-likeness (QED) is 0.572. The summed E-state index contributed by atoms with van der Waals surface area (Å²) < 4.78 is 16.0. The minimum Gasteiger partial charge on any atom is -0.496 e. The maximum absolute atomic E-state index is 12.6. The minimum atomic E-state index is 0.0117. The molecule has 0 aromatic heterocycles. The Hall–Kier alpha value is -2.24. The van der Waals surface area contributed by atoms with Crippen LogP contribution in [-0.4, -0.2) is 33.5 Å². The number of amides is 1. The van der Waals surface area contributed by atoms with Crippen LogP contribution < -0.4 is 19.6 Å². The Balaban J connectivity index is 1.40. The van der Waals surface area contributed by atoms with Crippen molar-refractivity contribution in [1.29, 1.82) is 0 Å². The van der Waals surface area contributed by atoms with E-state index in [0.29, 0.717) is 23.7 Å². The van der Waals surface area contributed by atoms with Gasteiger partial charge in [0, 0.05) is 18.1 Å². The van der Waals surface area contributed by atoms with Crippen molar-refractivity contribution >= 4 is 12.1 Å². The second-order valence-electron chi connectivity index (χ2n) is 8.84. The molecule has 0 unspecified atom stereocenters. The number of methoxy groups -OCH3 is 3. The summed E-state index contributed by atoms with van der Waals surface area (Å²) in [5.41, 5.74) is 3.66. The molecule has 1 amide bonds. The summed E-state index contributed by atoms with van der Waals surface area (Å²) in [5.74, 6) is 4.33. The Morgan fingerprint density at radius 1 is 1.00 bits per heavy atom. The molecule has 0 saturated heterocycles. The molecule has 0 heterocycles. The first kappa shape index (κ1) is 19.1. The fourth-order valence-corrected chi connectivity index (χ4v) is 6.21. The SMILES string of the molecule is COc1cc(OC)c(OC)cc1/C=N\NC(=O)CC12CC3CC(CC(C3)C1)C2. The van der Waals surface area contributed by atoms with E-state index >= 15 is 0 Å². The summed E-state index contributed by atoms with van der Waals surface area (Å²) in [6.45, 7) is 0. The van der Waals surface area contributed by atoms with Crippen LogP contribution in [-0.2, 0) is 4.79 Å². The molecule has 4 saturated carbocycles. The highest BCUT2D eigenvalue weighted by Gasteiger charge is 2.51. The van der Waals surface area contributed by atoms with Crippen molar-refractivity contribution < 1.29 is 19.0 Å². The van der Waals surface area contributed by atoms with Gasteiger partial charge in [-0.1, -0.05) is 0 Å². The number of ether oxygens (including phenoxy) is 3. The average molecular weight is 386 g/mol. The Kier molecular flexibility index (Phi) is 5.21. The van der Waals surface area contributed by atoms with Crippen LogP contribution in [0.15, 0.2) is 17.2 Å². The van der Waals surface area contributed by atoms with E-state index in [0.717, 1.165) is 23.3 Å². The molecule has 4 aliphatic carbocycles. The van der Waals surface area contributed by atoms with E-state index in [1.807, 2.05) is 0 Å². The van der Waals surface area contributed by atoms with Crippen molar-refractivity contribution in [3.05, 3.63) is 17.7 Å². The van der Waals surface area contributed by atoms with Gasteiger partial charge in [0.25, 0.3) is 0 Å². The molecule has 4 fully saturated rings. The van der Waals surface area contributed by atoms with Crippen molar-refractivity contribution in [3.63, 3.8) is 0 Å². The summed E-state index contributed by atoms with van der Waals surface area (Å²) in [5, 5.41) is 4.18. The molecule has 0 aliphatic heterocycles. The van der Waals surface area contributed by atoms with E-state index < -0.39 is 0 Å². The number of benzene rings is 1. The van der Waals surface area contributed by atoms with Crippen LogP contribution in [0, 0.1) is 23.2 Å². The number of nitrogens with one attached hydrogen (secondary N) is 1. The van der Waals surface area contributed by atoms with E-state index in [2.05, 4.69) is 10.5 Å². The number of nitrogens with zero attached hydrogens (tertiary/aromatic N) is 1. The van der Waals surface area contributed by atoms with Crippen molar-refractivity contribution in [3.8, 4) is 17.2 Å². The zero-order valence-corrected chi connectivity index (χ0v) is 17.0. The van der Waals surface area contributed by atoms with Gasteiger partial charge in [0.05, 0.1) is 27.5 Å². The number of hydrazone groups is 1. The first-order valence-corrected chi connectivity index (χ1v) is 10.2. The fraction of sp³-hybridized carbons (Fsp3) is 0.636. The molecule has 0 atom stereocenters. The largest absolute Gasteiger partial charge is 0.496 e. The first-order valence-electron chi connectivity index (χ1n) is 10.2. The summed E-state index contributed by atoms with van der Waals surface area (Å²) in [6, 6.07) is 3.53. The zero-order valence-electron chi connectivity index (χ0n) is 17.0. The molecule has 6 heteroatoms. The van der Waals surface area contributed by atoms with Crippen LogP contribution in [0.3, 0.4) is 0 Å². The second kappa shape index (κ2) is 7.64. The summed E-state index contributed by atoms with van der Waals surface area (Å²) in [6.07, 6.45) is 10.0. The van der Waals surface area contributed by atoms with Gasteiger partial charge in [0.2, 0.25) is 5.91 Å². The maximum atomic E-state index is 12.6. The molecular formula is C22H30N2O4. The van der Waals surface area contributed by atoms with E-state index in [1.165, 1.54) is 38.5 Å². The third kappa shape index (κ3) is 3.69. The maximum Gasteiger partial charge on any atom is 0.240 e. The summed E-state index contributed by atoms with van der Waals surface area (Å²) in [7, 11) is 4.75. The molecular weight excluding hydrogens is 356 g/mol. The average Bonchev–Trinajstić information content (AvgIpc) is 2.65. The van der Waals surface area contributed by atoms with Gasteiger partial charge < -0.3 is 14.2 Å². The van der Waals surface area contributed by atoms with Crippen LogP contribution in [0.25, 0.3) is 0 Å². The molecule has 28 heavy (non-hydrogen) atoms. The van der Waals surface area contributed by atoms with Crippen molar-refractivity contribution in [2.24, 2.45) is 28.3 Å². The Morgan fingerprint density at radius 3 is 2.07 bits per heavy atom. The third-order valence-corrected chi connectivity index (χ3v) is 6.83. The molecule has 1 aromatic rings. The van der Waals surface area contributed by atoms with E-state index in [1.54, 1.807) is 39.7 Å². The van der Waals surface area contributed by atoms with Gasteiger partial charge in [-0.25, -0.2) is 5.43 Å². The molecule has 5 rings (SSSR count). The molecule has 6 nitrogen and oxygen atoms in total. The molecule has 0 radical (unpaired) electrons. The molecule has 152 valence electrons. The van der Waals surface area contributed by atoms with Gasteiger partial charge in [-0.05, 0) is 67.8 Å². The summed E-state index contributed by atoms with van der Waals surface area (Å²) >= 11 is 0. The molecule has 0 spiro atoms. The topological polar surface area (TPSA) is 69.2 Å². The van der Waals surface area contributed by atoms with Crippen LogP contribution in [0.2, 0.25) is 0 Å². The highest BCUT2D eigenvalue weighted by molar-refractivity contribution is 5.86. The van der Waals surface area contributed by atoms with Crippen molar-refractivity contribution in [2.45, 2.75) is 44.9 Å². The van der Waals surface area contributed by atoms with E-state index in [-0.39, 0.29) is 11.3 Å². The molecule has 4 aliphatic rings. The highest BCUT2D eigenvalue weighted by atomic mass is 16.5. The van der Waals surface area contributed by atoms with E-state index in [4.69, 9.17) is 14.2 Å². The van der Waals surface area contributed by atoms with Crippen molar-refractivity contribution in [2.75, 3.05) is 21.3 Å². The monoisotopic (exact) mass is 386 g/mol. The van der Waals surface area contributed by atoms with Gasteiger partial charge >= 0.3 is 0 Å². The van der Waals surface area contributed by atoms with Gasteiger partial charge in [-0.2, -0.15) is 5.10 Å². The lowest BCUT2D eigenvalue weighted by Gasteiger charge is -2.56. The Labute approximate surface area is 166 Å². The summed E-state index contributed by atoms with van der Waals surface area (Å²) in [4.78, 5) is 12.6. The number of carbonyl (C=O) groups excluding carboxylic acids is 1. The predicted octanol–water partition coefficient (Wildman–Crippen LogP) is 3.77. The highest BCUT2D eigenvalue weighted by Crippen LogP contribution is 2.61. The lowest BCUT2D eigenvalue weighted by Crippen LogP contribution is -2.47. The van der Waals surface area contributed by atoms with Crippen molar-refractivity contribution in [1.82, 2.24) is 5.43 Å². The lowest BCUT2D eigenvalue weighted by molar-refractivity contribution is -0.129. The first-order chi connectivity index (χ1) is 13.5. The lowest BCUT2D eigenvalue weighted by atomic mass is 9.49. The fourth-order valence-electron chi connectivity index (χ4n) is 6.21. The standard InChI is InChI=1S/C22H30N2O4/c1-26-18-8-20(28-3)19(27-2)7-17(18)13-23-24-21(25)12-22-9-14-4-15(10-22)6-16(5-14)11-22/h7-8,13-16H,4-6,9-12H2,1-3H3,(H,24,25)/b23-13-. The number of hydrogen-bond acceptors (Lipinski definition) is 5. The molecule has 4 bridgehead atoms. The van der Waals surface area contributed by atoms with Crippen LogP contribution >= 0.6 is 0 Å². The minimum absolute atomic E-state index is 0.0117. The second-order valence-corrected chi connectivity index (χ2v) is 8.84. The van der Waals surface area contributed by atoms with Crippen LogP contribution in [0.1, 0.15) is 50.5 Å². The zero-order chi connectivity index (χ0) is 19.7. The van der Waals surface area contributed by atoms with E-state index in [9.17, 15) is 4.79 Å². The van der Waals surface area contributed by atoms with Gasteiger partial charge in [0.15, 0.2) is 11.5 Å². The Morgan fingerprint density at radius 2 is 1.54 bits per heavy atom.